The van der Waals surface area contributed by atoms with Gasteiger partial charge in [-0.2, -0.15) is 0 Å². The molecular formula is C14H23NO. The molecule has 1 aromatic rings. The highest BCUT2D eigenvalue weighted by molar-refractivity contribution is 5.35. The van der Waals surface area contributed by atoms with E-state index in [1.54, 1.807) is 0 Å². The zero-order valence-corrected chi connectivity index (χ0v) is 10.4. The minimum Gasteiger partial charge on any atom is -0.493 e. The molecule has 16 heavy (non-hydrogen) atoms. The normalized spacial score (nSPS) is 12.4. The smallest absolute Gasteiger partial charge is 0.124 e. The van der Waals surface area contributed by atoms with Crippen LogP contribution in [0, 0.1) is 0 Å². The molecule has 0 radical (unpaired) electrons. The Bertz CT molecular complexity index is 299. The first kappa shape index (κ1) is 13.0. The van der Waals surface area contributed by atoms with Crippen molar-refractivity contribution in [3.63, 3.8) is 0 Å². The fourth-order valence-electron chi connectivity index (χ4n) is 1.71. The van der Waals surface area contributed by atoms with E-state index in [0.29, 0.717) is 0 Å². The molecule has 0 spiro atoms. The molecule has 0 aromatic heterocycles. The molecule has 0 heterocycles. The van der Waals surface area contributed by atoms with E-state index in [1.807, 2.05) is 18.2 Å². The molecule has 0 aliphatic rings. The highest BCUT2D eigenvalue weighted by atomic mass is 16.5. The van der Waals surface area contributed by atoms with E-state index in [1.165, 1.54) is 12.8 Å². The lowest BCUT2D eigenvalue weighted by molar-refractivity contribution is 0.311. The molecule has 0 saturated heterocycles. The van der Waals surface area contributed by atoms with Crippen molar-refractivity contribution in [3.8, 4) is 5.75 Å². The number of unbranched alkanes of at least 4 members (excludes halogenated alkanes) is 1. The Labute approximate surface area is 98.8 Å². The average molecular weight is 221 g/mol. The van der Waals surface area contributed by atoms with Crippen molar-refractivity contribution in [3.05, 3.63) is 29.8 Å². The molecular weight excluding hydrogens is 198 g/mol. The van der Waals surface area contributed by atoms with E-state index in [2.05, 4.69) is 19.9 Å². The van der Waals surface area contributed by atoms with Crippen LogP contribution in [0.1, 0.15) is 51.1 Å². The predicted molar refractivity (Wildman–Crippen MR) is 68.7 cm³/mol. The molecule has 2 N–H and O–H groups in total. The van der Waals surface area contributed by atoms with Crippen molar-refractivity contribution < 1.29 is 4.74 Å². The summed E-state index contributed by atoms with van der Waals surface area (Å²) in [6, 6.07) is 8.22. The summed E-state index contributed by atoms with van der Waals surface area (Å²) >= 11 is 0. The summed E-state index contributed by atoms with van der Waals surface area (Å²) in [5.41, 5.74) is 7.32. The maximum atomic E-state index is 6.17. The molecule has 90 valence electrons. The Hall–Kier alpha value is -1.02. The SMILES string of the molecule is CCCCC(N)c1ccccc1OCCC. The van der Waals surface area contributed by atoms with Gasteiger partial charge >= 0.3 is 0 Å². The van der Waals surface area contributed by atoms with Gasteiger partial charge in [-0.05, 0) is 18.9 Å². The van der Waals surface area contributed by atoms with Gasteiger partial charge in [-0.25, -0.2) is 0 Å². The van der Waals surface area contributed by atoms with E-state index in [-0.39, 0.29) is 6.04 Å². The minimum atomic E-state index is 0.105. The van der Waals surface area contributed by atoms with Crippen molar-refractivity contribution in [2.45, 2.75) is 45.6 Å². The van der Waals surface area contributed by atoms with Crippen molar-refractivity contribution in [1.82, 2.24) is 0 Å². The number of hydrogen-bond donors (Lipinski definition) is 1. The Morgan fingerprint density at radius 3 is 2.62 bits per heavy atom. The predicted octanol–water partition coefficient (Wildman–Crippen LogP) is 3.67. The fraction of sp³-hybridized carbons (Fsp3) is 0.571. The lowest BCUT2D eigenvalue weighted by Crippen LogP contribution is -2.12. The Morgan fingerprint density at radius 1 is 1.19 bits per heavy atom. The Kier molecular flexibility index (Phi) is 5.94. The van der Waals surface area contributed by atoms with Gasteiger partial charge < -0.3 is 10.5 Å². The summed E-state index contributed by atoms with van der Waals surface area (Å²) in [5.74, 6) is 0.952. The van der Waals surface area contributed by atoms with Gasteiger partial charge in [0.2, 0.25) is 0 Å². The lowest BCUT2D eigenvalue weighted by Gasteiger charge is -2.16. The average Bonchev–Trinajstić information content (AvgIpc) is 2.33. The molecule has 0 fully saturated rings. The monoisotopic (exact) mass is 221 g/mol. The van der Waals surface area contributed by atoms with E-state index in [9.17, 15) is 0 Å². The largest absolute Gasteiger partial charge is 0.493 e. The summed E-state index contributed by atoms with van der Waals surface area (Å²) in [4.78, 5) is 0. The van der Waals surface area contributed by atoms with Crippen LogP contribution in [0.4, 0.5) is 0 Å². The summed E-state index contributed by atoms with van der Waals surface area (Å²) in [7, 11) is 0. The van der Waals surface area contributed by atoms with Crippen LogP contribution in [0.25, 0.3) is 0 Å². The molecule has 1 unspecified atom stereocenters. The van der Waals surface area contributed by atoms with Gasteiger partial charge in [0.1, 0.15) is 5.75 Å². The topological polar surface area (TPSA) is 35.2 Å². The number of ether oxygens (including phenoxy) is 1. The number of nitrogens with two attached hydrogens (primary N) is 1. The van der Waals surface area contributed by atoms with Crippen LogP contribution in [0.5, 0.6) is 5.75 Å². The molecule has 0 bridgehead atoms. The summed E-state index contributed by atoms with van der Waals surface area (Å²) in [6.45, 7) is 5.06. The van der Waals surface area contributed by atoms with Crippen LogP contribution < -0.4 is 10.5 Å². The second-order valence-corrected chi connectivity index (χ2v) is 4.14. The number of hydrogen-bond acceptors (Lipinski definition) is 2. The first-order valence-corrected chi connectivity index (χ1v) is 6.26. The molecule has 0 amide bonds. The molecule has 0 aliphatic heterocycles. The standard InChI is InChI=1S/C14H23NO/c1-3-5-9-13(15)12-8-6-7-10-14(12)16-11-4-2/h6-8,10,13H,3-5,9,11,15H2,1-2H3. The lowest BCUT2D eigenvalue weighted by atomic mass is 10.0. The third-order valence-corrected chi connectivity index (χ3v) is 2.65. The molecule has 1 rings (SSSR count). The fourth-order valence-corrected chi connectivity index (χ4v) is 1.71. The highest BCUT2D eigenvalue weighted by Gasteiger charge is 2.10. The number of para-hydroxylation sites is 1. The quantitative estimate of drug-likeness (QED) is 0.762. The van der Waals surface area contributed by atoms with Gasteiger partial charge in [0, 0.05) is 11.6 Å². The van der Waals surface area contributed by atoms with Crippen molar-refractivity contribution in [1.29, 1.82) is 0 Å². The zero-order chi connectivity index (χ0) is 11.8. The van der Waals surface area contributed by atoms with Crippen LogP contribution in [0.2, 0.25) is 0 Å². The molecule has 2 nitrogen and oxygen atoms in total. The van der Waals surface area contributed by atoms with Gasteiger partial charge in [0.25, 0.3) is 0 Å². The first-order valence-electron chi connectivity index (χ1n) is 6.26. The van der Waals surface area contributed by atoms with Crippen molar-refractivity contribution >= 4 is 0 Å². The van der Waals surface area contributed by atoms with Crippen molar-refractivity contribution in [2.24, 2.45) is 5.73 Å². The van der Waals surface area contributed by atoms with E-state index in [0.717, 1.165) is 30.8 Å². The second kappa shape index (κ2) is 7.29. The third kappa shape index (κ3) is 3.86. The maximum absolute atomic E-state index is 6.17. The molecule has 0 aliphatic carbocycles. The van der Waals surface area contributed by atoms with Crippen molar-refractivity contribution in [2.75, 3.05) is 6.61 Å². The van der Waals surface area contributed by atoms with Crippen LogP contribution in [-0.4, -0.2) is 6.61 Å². The Morgan fingerprint density at radius 2 is 1.94 bits per heavy atom. The molecule has 1 atom stereocenters. The molecule has 1 aromatic carbocycles. The number of rotatable bonds is 7. The minimum absolute atomic E-state index is 0.105. The number of benzene rings is 1. The molecule has 2 heteroatoms. The molecule has 0 saturated carbocycles. The van der Waals surface area contributed by atoms with E-state index >= 15 is 0 Å². The van der Waals surface area contributed by atoms with Gasteiger partial charge in [-0.1, -0.05) is 44.9 Å². The summed E-state index contributed by atoms with van der Waals surface area (Å²) in [6.07, 6.45) is 4.41. The zero-order valence-electron chi connectivity index (χ0n) is 10.4. The maximum Gasteiger partial charge on any atom is 0.124 e. The van der Waals surface area contributed by atoms with Gasteiger partial charge in [-0.15, -0.1) is 0 Å². The third-order valence-electron chi connectivity index (χ3n) is 2.65. The second-order valence-electron chi connectivity index (χ2n) is 4.14. The summed E-state index contributed by atoms with van der Waals surface area (Å²) in [5, 5.41) is 0. The first-order chi connectivity index (χ1) is 7.79. The van der Waals surface area contributed by atoms with Crippen LogP contribution in [0.3, 0.4) is 0 Å². The summed E-state index contributed by atoms with van der Waals surface area (Å²) < 4.78 is 5.71. The van der Waals surface area contributed by atoms with E-state index in [4.69, 9.17) is 10.5 Å². The van der Waals surface area contributed by atoms with Crippen LogP contribution in [-0.2, 0) is 0 Å². The van der Waals surface area contributed by atoms with Crippen LogP contribution >= 0.6 is 0 Å². The van der Waals surface area contributed by atoms with Gasteiger partial charge in [0.05, 0.1) is 6.61 Å². The van der Waals surface area contributed by atoms with Crippen LogP contribution in [0.15, 0.2) is 24.3 Å². The Balaban J connectivity index is 2.68. The highest BCUT2D eigenvalue weighted by Crippen LogP contribution is 2.26. The van der Waals surface area contributed by atoms with E-state index < -0.39 is 0 Å². The van der Waals surface area contributed by atoms with Gasteiger partial charge in [-0.3, -0.25) is 0 Å². The van der Waals surface area contributed by atoms with Gasteiger partial charge in [0.15, 0.2) is 0 Å².